The van der Waals surface area contributed by atoms with Crippen LogP contribution in [-0.4, -0.2) is 64.7 Å². The summed E-state index contributed by atoms with van der Waals surface area (Å²) in [6.07, 6.45) is 3.44. The van der Waals surface area contributed by atoms with Crippen LogP contribution in [0.3, 0.4) is 0 Å². The second-order valence-electron chi connectivity index (χ2n) is 4.28. The van der Waals surface area contributed by atoms with E-state index in [1.807, 2.05) is 11.8 Å². The quantitative estimate of drug-likeness (QED) is 0.737. The Labute approximate surface area is 106 Å². The molecule has 0 spiro atoms. The van der Waals surface area contributed by atoms with Crippen LogP contribution in [0.1, 0.15) is 6.92 Å². The molecule has 0 aliphatic carbocycles. The van der Waals surface area contributed by atoms with Crippen molar-refractivity contribution in [3.05, 3.63) is 12.4 Å². The van der Waals surface area contributed by atoms with Gasteiger partial charge in [0.25, 0.3) is 0 Å². The highest BCUT2D eigenvalue weighted by molar-refractivity contribution is 5.81. The normalized spacial score (nSPS) is 17.7. The molecular formula is C11H19N5O2. The van der Waals surface area contributed by atoms with Gasteiger partial charge in [-0.15, -0.1) is 5.10 Å². The van der Waals surface area contributed by atoms with E-state index in [1.165, 1.54) is 0 Å². The fourth-order valence-electron chi connectivity index (χ4n) is 1.89. The van der Waals surface area contributed by atoms with Crippen LogP contribution in [-0.2, 0) is 16.1 Å². The van der Waals surface area contributed by atoms with Gasteiger partial charge >= 0.3 is 0 Å². The van der Waals surface area contributed by atoms with Gasteiger partial charge in [-0.1, -0.05) is 5.21 Å². The zero-order valence-corrected chi connectivity index (χ0v) is 10.6. The monoisotopic (exact) mass is 253 g/mol. The predicted molar refractivity (Wildman–Crippen MR) is 64.9 cm³/mol. The minimum absolute atomic E-state index is 0.136. The third-order valence-corrected chi connectivity index (χ3v) is 2.96. The lowest BCUT2D eigenvalue weighted by Crippen LogP contribution is -2.49. The van der Waals surface area contributed by atoms with Gasteiger partial charge in [0.15, 0.2) is 0 Å². The fourth-order valence-corrected chi connectivity index (χ4v) is 1.89. The van der Waals surface area contributed by atoms with Gasteiger partial charge in [0, 0.05) is 25.8 Å². The van der Waals surface area contributed by atoms with Crippen LogP contribution in [0.25, 0.3) is 0 Å². The summed E-state index contributed by atoms with van der Waals surface area (Å²) < 4.78 is 6.96. The summed E-state index contributed by atoms with van der Waals surface area (Å²) in [7, 11) is 0. The maximum Gasteiger partial charge on any atom is 0.239 e. The van der Waals surface area contributed by atoms with Crippen molar-refractivity contribution in [3.63, 3.8) is 0 Å². The van der Waals surface area contributed by atoms with Gasteiger partial charge in [-0.05, 0) is 6.92 Å². The summed E-state index contributed by atoms with van der Waals surface area (Å²) in [5.41, 5.74) is 0. The molecule has 0 radical (unpaired) electrons. The molecule has 0 saturated carbocycles. The van der Waals surface area contributed by atoms with Gasteiger partial charge in [-0.25, -0.2) is 0 Å². The standard InChI is InChI=1S/C11H19N5O2/c1-10(11(17)15-6-8-18-9-7-15)12-2-4-16-5-3-13-14-16/h3,5,10,12H,2,4,6-9H2,1H3. The van der Waals surface area contributed by atoms with Crippen LogP contribution >= 0.6 is 0 Å². The first-order valence-corrected chi connectivity index (χ1v) is 6.21. The molecule has 1 unspecified atom stereocenters. The molecule has 7 heteroatoms. The third kappa shape index (κ3) is 3.51. The van der Waals surface area contributed by atoms with Crippen LogP contribution in [0.4, 0.5) is 0 Å². The van der Waals surface area contributed by atoms with Crippen molar-refractivity contribution >= 4 is 5.91 Å². The number of rotatable bonds is 5. The molecule has 2 rings (SSSR count). The Hall–Kier alpha value is -1.47. The Morgan fingerprint density at radius 2 is 2.28 bits per heavy atom. The van der Waals surface area contributed by atoms with Crippen molar-refractivity contribution in [2.24, 2.45) is 0 Å². The molecule has 1 amide bonds. The van der Waals surface area contributed by atoms with Crippen LogP contribution in [0.5, 0.6) is 0 Å². The lowest BCUT2D eigenvalue weighted by Gasteiger charge is -2.29. The average Bonchev–Trinajstić information content (AvgIpc) is 2.92. The maximum atomic E-state index is 12.1. The van der Waals surface area contributed by atoms with Crippen molar-refractivity contribution in [2.75, 3.05) is 32.8 Å². The molecule has 100 valence electrons. The van der Waals surface area contributed by atoms with Crippen molar-refractivity contribution in [3.8, 4) is 0 Å². The Balaban J connectivity index is 1.70. The van der Waals surface area contributed by atoms with Crippen LogP contribution < -0.4 is 5.32 Å². The zero-order valence-electron chi connectivity index (χ0n) is 10.6. The summed E-state index contributed by atoms with van der Waals surface area (Å²) in [5.74, 6) is 0.136. The molecule has 18 heavy (non-hydrogen) atoms. The largest absolute Gasteiger partial charge is 0.378 e. The lowest BCUT2D eigenvalue weighted by molar-refractivity contribution is -0.137. The van der Waals surface area contributed by atoms with E-state index in [9.17, 15) is 4.79 Å². The molecule has 0 bridgehead atoms. The van der Waals surface area contributed by atoms with Crippen molar-refractivity contribution in [1.29, 1.82) is 0 Å². The number of nitrogens with zero attached hydrogens (tertiary/aromatic N) is 4. The topological polar surface area (TPSA) is 72.3 Å². The van der Waals surface area contributed by atoms with E-state index in [1.54, 1.807) is 17.1 Å². The number of carbonyl (C=O) groups is 1. The number of ether oxygens (including phenoxy) is 1. The van der Waals surface area contributed by atoms with E-state index in [4.69, 9.17) is 4.74 Å². The number of aromatic nitrogens is 3. The summed E-state index contributed by atoms with van der Waals surface area (Å²) in [6.45, 7) is 5.94. The van der Waals surface area contributed by atoms with E-state index < -0.39 is 0 Å². The summed E-state index contributed by atoms with van der Waals surface area (Å²) in [5, 5.41) is 10.8. The number of hydrogen-bond donors (Lipinski definition) is 1. The zero-order chi connectivity index (χ0) is 12.8. The summed E-state index contributed by atoms with van der Waals surface area (Å²) in [6, 6.07) is -0.174. The van der Waals surface area contributed by atoms with Crippen molar-refractivity contribution in [2.45, 2.75) is 19.5 Å². The Bertz CT molecular complexity index is 362. The second kappa shape index (κ2) is 6.46. The summed E-state index contributed by atoms with van der Waals surface area (Å²) >= 11 is 0. The van der Waals surface area contributed by atoms with Crippen LogP contribution in [0.15, 0.2) is 12.4 Å². The number of nitrogens with one attached hydrogen (secondary N) is 1. The number of morpholine rings is 1. The molecular weight excluding hydrogens is 234 g/mol. The minimum Gasteiger partial charge on any atom is -0.378 e. The van der Waals surface area contributed by atoms with Gasteiger partial charge in [0.1, 0.15) is 0 Å². The van der Waals surface area contributed by atoms with Crippen LogP contribution in [0, 0.1) is 0 Å². The molecule has 1 atom stereocenters. The molecule has 2 heterocycles. The highest BCUT2D eigenvalue weighted by Crippen LogP contribution is 2.00. The van der Waals surface area contributed by atoms with Gasteiger partial charge in [-0.2, -0.15) is 0 Å². The van der Waals surface area contributed by atoms with Crippen molar-refractivity contribution in [1.82, 2.24) is 25.2 Å². The van der Waals surface area contributed by atoms with Gasteiger partial charge < -0.3 is 15.0 Å². The summed E-state index contributed by atoms with van der Waals surface area (Å²) in [4.78, 5) is 13.9. The number of amides is 1. The second-order valence-corrected chi connectivity index (χ2v) is 4.28. The third-order valence-electron chi connectivity index (χ3n) is 2.96. The minimum atomic E-state index is -0.174. The molecule has 1 fully saturated rings. The first kappa shape index (κ1) is 13.0. The molecule has 7 nitrogen and oxygen atoms in total. The Kier molecular flexibility index (Phi) is 4.66. The van der Waals surface area contributed by atoms with Gasteiger partial charge in [-0.3, -0.25) is 9.48 Å². The SMILES string of the molecule is CC(NCCn1ccnn1)C(=O)N1CCOCC1. The first-order chi connectivity index (χ1) is 8.77. The predicted octanol–water partition coefficient (Wildman–Crippen LogP) is -0.885. The van der Waals surface area contributed by atoms with Gasteiger partial charge in [0.05, 0.1) is 32.0 Å². The lowest BCUT2D eigenvalue weighted by atomic mass is 10.2. The molecule has 1 aromatic rings. The molecule has 1 aliphatic heterocycles. The number of carbonyl (C=O) groups excluding carboxylic acids is 1. The number of hydrogen-bond acceptors (Lipinski definition) is 5. The van der Waals surface area contributed by atoms with E-state index in [0.717, 1.165) is 0 Å². The average molecular weight is 253 g/mol. The Morgan fingerprint density at radius 1 is 1.50 bits per heavy atom. The molecule has 1 aliphatic rings. The smallest absolute Gasteiger partial charge is 0.239 e. The van der Waals surface area contributed by atoms with Crippen LogP contribution in [0.2, 0.25) is 0 Å². The Morgan fingerprint density at radius 3 is 2.94 bits per heavy atom. The molecule has 0 aromatic carbocycles. The first-order valence-electron chi connectivity index (χ1n) is 6.21. The van der Waals surface area contributed by atoms with E-state index >= 15 is 0 Å². The van der Waals surface area contributed by atoms with E-state index in [2.05, 4.69) is 15.6 Å². The fraction of sp³-hybridized carbons (Fsp3) is 0.727. The van der Waals surface area contributed by atoms with Crippen molar-refractivity contribution < 1.29 is 9.53 Å². The molecule has 1 N–H and O–H groups in total. The molecule has 1 aromatic heterocycles. The molecule has 1 saturated heterocycles. The van der Waals surface area contributed by atoms with Gasteiger partial charge in [0.2, 0.25) is 5.91 Å². The highest BCUT2D eigenvalue weighted by atomic mass is 16.5. The van der Waals surface area contributed by atoms with E-state index in [-0.39, 0.29) is 11.9 Å². The maximum absolute atomic E-state index is 12.1. The highest BCUT2D eigenvalue weighted by Gasteiger charge is 2.21. The van der Waals surface area contributed by atoms with E-state index in [0.29, 0.717) is 39.4 Å².